The minimum Gasteiger partial charge on any atom is -0.376 e. The van der Waals surface area contributed by atoms with Crippen molar-refractivity contribution in [1.82, 2.24) is 20.3 Å². The summed E-state index contributed by atoms with van der Waals surface area (Å²) < 4.78 is 12.0. The number of rotatable bonds is 6. The number of nitrogens with one attached hydrogen (secondary N) is 1. The lowest BCUT2D eigenvalue weighted by Gasteiger charge is -2.12. The highest BCUT2D eigenvalue weighted by Gasteiger charge is 2.30. The highest BCUT2D eigenvalue weighted by Crippen LogP contribution is 2.42. The first-order valence-electron chi connectivity index (χ1n) is 9.04. The van der Waals surface area contributed by atoms with Crippen LogP contribution < -0.4 is 10.9 Å². The van der Waals surface area contributed by atoms with Crippen molar-refractivity contribution in [3.05, 3.63) is 33.9 Å². The Balaban J connectivity index is 1.52. The molecule has 0 aromatic carbocycles. The zero-order valence-electron chi connectivity index (χ0n) is 14.7. The third-order valence-electron chi connectivity index (χ3n) is 4.73. The maximum atomic E-state index is 12.4. The Labute approximate surface area is 150 Å². The first-order valence-corrected chi connectivity index (χ1v) is 9.04. The fourth-order valence-corrected chi connectivity index (χ4v) is 3.19. The molecule has 4 rings (SSSR count). The van der Waals surface area contributed by atoms with Crippen LogP contribution in [0.2, 0.25) is 0 Å². The van der Waals surface area contributed by atoms with E-state index in [1.54, 1.807) is 6.07 Å². The monoisotopic (exact) mass is 358 g/mol. The summed E-state index contributed by atoms with van der Waals surface area (Å²) in [5.41, 5.74) is 1.90. The van der Waals surface area contributed by atoms with Crippen molar-refractivity contribution in [2.75, 3.05) is 13.2 Å². The predicted molar refractivity (Wildman–Crippen MR) is 92.7 cm³/mol. The molecule has 2 aliphatic rings. The fourth-order valence-electron chi connectivity index (χ4n) is 3.19. The van der Waals surface area contributed by atoms with Gasteiger partial charge < -0.3 is 14.6 Å². The summed E-state index contributed by atoms with van der Waals surface area (Å²) in [6.07, 6.45) is 4.10. The van der Waals surface area contributed by atoms with Crippen LogP contribution in [0.4, 0.5) is 0 Å². The molecule has 8 heteroatoms. The van der Waals surface area contributed by atoms with Gasteiger partial charge in [0.1, 0.15) is 6.54 Å². The van der Waals surface area contributed by atoms with Crippen LogP contribution in [-0.4, -0.2) is 40.1 Å². The smallest absolute Gasteiger partial charge is 0.267 e. The van der Waals surface area contributed by atoms with Crippen LogP contribution in [0.5, 0.6) is 0 Å². The standard InChI is InChI=1S/C18H22N4O4/c1-11-7-15(26-21-11)14-8-17(24)22(20-18(14)12-4-5-12)10-16(23)19-9-13-3-2-6-25-13/h7-8,12-13H,2-6,9-10H2,1H3,(H,19,23)/t13-/m0/s1. The van der Waals surface area contributed by atoms with E-state index in [1.165, 1.54) is 10.7 Å². The van der Waals surface area contributed by atoms with Gasteiger partial charge in [-0.25, -0.2) is 4.68 Å². The summed E-state index contributed by atoms with van der Waals surface area (Å²) in [5, 5.41) is 11.2. The number of nitrogens with zero attached hydrogens (tertiary/aromatic N) is 3. The van der Waals surface area contributed by atoms with E-state index in [-0.39, 0.29) is 24.1 Å². The van der Waals surface area contributed by atoms with E-state index in [4.69, 9.17) is 9.26 Å². The molecule has 1 aliphatic carbocycles. The summed E-state index contributed by atoms with van der Waals surface area (Å²) in [7, 11) is 0. The maximum Gasteiger partial charge on any atom is 0.267 e. The molecule has 2 aromatic rings. The molecular weight excluding hydrogens is 336 g/mol. The SMILES string of the molecule is Cc1cc(-c2cc(=O)n(CC(=O)NC[C@@H]3CCCO3)nc2C2CC2)on1. The number of carbonyl (C=O) groups excluding carboxylic acids is 1. The summed E-state index contributed by atoms with van der Waals surface area (Å²) in [4.78, 5) is 24.6. The lowest BCUT2D eigenvalue weighted by Crippen LogP contribution is -2.37. The van der Waals surface area contributed by atoms with Crippen LogP contribution in [0.1, 0.15) is 43.0 Å². The summed E-state index contributed by atoms with van der Waals surface area (Å²) in [6, 6.07) is 3.29. The topological polar surface area (TPSA) is 99.2 Å². The molecule has 138 valence electrons. The quantitative estimate of drug-likeness (QED) is 0.837. The second-order valence-electron chi connectivity index (χ2n) is 6.99. The Bertz CT molecular complexity index is 862. The van der Waals surface area contributed by atoms with Gasteiger partial charge in [-0.1, -0.05) is 5.16 Å². The first kappa shape index (κ1) is 17.0. The first-order chi connectivity index (χ1) is 12.6. The lowest BCUT2D eigenvalue weighted by atomic mass is 10.1. The molecule has 2 aromatic heterocycles. The molecule has 1 saturated heterocycles. The van der Waals surface area contributed by atoms with E-state index >= 15 is 0 Å². The van der Waals surface area contributed by atoms with Crippen LogP contribution in [0, 0.1) is 6.92 Å². The van der Waals surface area contributed by atoms with Crippen LogP contribution >= 0.6 is 0 Å². The normalized spacial score (nSPS) is 19.7. The summed E-state index contributed by atoms with van der Waals surface area (Å²) in [5.74, 6) is 0.612. The third kappa shape index (κ3) is 3.70. The van der Waals surface area contributed by atoms with E-state index in [2.05, 4.69) is 15.6 Å². The van der Waals surface area contributed by atoms with E-state index in [9.17, 15) is 9.59 Å². The van der Waals surface area contributed by atoms with Crippen molar-refractivity contribution in [2.45, 2.75) is 51.2 Å². The molecule has 1 aliphatic heterocycles. The number of hydrogen-bond donors (Lipinski definition) is 1. The van der Waals surface area contributed by atoms with E-state index < -0.39 is 0 Å². The molecule has 2 fully saturated rings. The van der Waals surface area contributed by atoms with Crippen molar-refractivity contribution in [3.8, 4) is 11.3 Å². The highest BCUT2D eigenvalue weighted by atomic mass is 16.5. The molecule has 0 bridgehead atoms. The molecule has 0 unspecified atom stereocenters. The second-order valence-corrected chi connectivity index (χ2v) is 6.99. The average molecular weight is 358 g/mol. The Morgan fingerprint density at radius 3 is 2.85 bits per heavy atom. The Hall–Kier alpha value is -2.48. The third-order valence-corrected chi connectivity index (χ3v) is 4.73. The number of carbonyl (C=O) groups is 1. The minimum atomic E-state index is -0.328. The van der Waals surface area contributed by atoms with E-state index in [1.807, 2.05) is 6.92 Å². The van der Waals surface area contributed by atoms with Crippen LogP contribution in [0.15, 0.2) is 21.5 Å². The van der Waals surface area contributed by atoms with Crippen molar-refractivity contribution < 1.29 is 14.1 Å². The zero-order valence-corrected chi connectivity index (χ0v) is 14.7. The van der Waals surface area contributed by atoms with Crippen molar-refractivity contribution in [3.63, 3.8) is 0 Å². The zero-order chi connectivity index (χ0) is 18.1. The Morgan fingerprint density at radius 1 is 1.35 bits per heavy atom. The number of amides is 1. The number of ether oxygens (including phenoxy) is 1. The number of aryl methyl sites for hydroxylation is 1. The predicted octanol–water partition coefficient (Wildman–Crippen LogP) is 1.38. The Morgan fingerprint density at radius 2 is 2.19 bits per heavy atom. The van der Waals surface area contributed by atoms with Crippen LogP contribution in [-0.2, 0) is 16.1 Å². The van der Waals surface area contributed by atoms with Gasteiger partial charge in [0.15, 0.2) is 5.76 Å². The molecule has 1 N–H and O–H groups in total. The number of aromatic nitrogens is 3. The Kier molecular flexibility index (Phi) is 4.58. The molecular formula is C18H22N4O4. The van der Waals surface area contributed by atoms with Crippen molar-refractivity contribution in [1.29, 1.82) is 0 Å². The molecule has 1 atom stereocenters. The molecule has 0 radical (unpaired) electrons. The van der Waals surface area contributed by atoms with Crippen molar-refractivity contribution in [2.24, 2.45) is 0 Å². The highest BCUT2D eigenvalue weighted by molar-refractivity contribution is 5.75. The minimum absolute atomic E-state index is 0.0720. The second kappa shape index (κ2) is 7.03. The molecule has 26 heavy (non-hydrogen) atoms. The fraction of sp³-hybridized carbons (Fsp3) is 0.556. The van der Waals surface area contributed by atoms with Gasteiger partial charge in [0.25, 0.3) is 5.56 Å². The summed E-state index contributed by atoms with van der Waals surface area (Å²) >= 11 is 0. The largest absolute Gasteiger partial charge is 0.376 e. The lowest BCUT2D eigenvalue weighted by molar-refractivity contribution is -0.122. The molecule has 3 heterocycles. The van der Waals surface area contributed by atoms with Gasteiger partial charge in [0.05, 0.1) is 17.5 Å². The van der Waals surface area contributed by atoms with Gasteiger partial charge in [-0.2, -0.15) is 5.10 Å². The van der Waals surface area contributed by atoms with Crippen LogP contribution in [0.25, 0.3) is 11.3 Å². The van der Waals surface area contributed by atoms with E-state index in [0.29, 0.717) is 23.8 Å². The van der Waals surface area contributed by atoms with Crippen LogP contribution in [0.3, 0.4) is 0 Å². The summed E-state index contributed by atoms with van der Waals surface area (Å²) in [6.45, 7) is 2.95. The van der Waals surface area contributed by atoms with Gasteiger partial charge in [-0.15, -0.1) is 0 Å². The molecule has 0 spiro atoms. The van der Waals surface area contributed by atoms with E-state index in [0.717, 1.165) is 43.7 Å². The maximum absolute atomic E-state index is 12.4. The van der Waals surface area contributed by atoms with Gasteiger partial charge in [-0.05, 0) is 32.6 Å². The van der Waals surface area contributed by atoms with Gasteiger partial charge >= 0.3 is 0 Å². The van der Waals surface area contributed by atoms with Crippen molar-refractivity contribution >= 4 is 5.91 Å². The molecule has 1 amide bonds. The average Bonchev–Trinajstić information content (AvgIpc) is 3.15. The number of hydrogen-bond acceptors (Lipinski definition) is 6. The van der Waals surface area contributed by atoms with Gasteiger partial charge in [0.2, 0.25) is 5.91 Å². The molecule has 1 saturated carbocycles. The van der Waals surface area contributed by atoms with Gasteiger partial charge in [0, 0.05) is 36.8 Å². The molecule has 8 nitrogen and oxygen atoms in total. The van der Waals surface area contributed by atoms with Gasteiger partial charge in [-0.3, -0.25) is 9.59 Å².